The van der Waals surface area contributed by atoms with Crippen molar-refractivity contribution in [2.45, 2.75) is 32.2 Å². The van der Waals surface area contributed by atoms with E-state index in [0.29, 0.717) is 18.5 Å². The Balaban J connectivity index is 2.74. The second kappa shape index (κ2) is 6.12. The minimum absolute atomic E-state index is 0.117. The first kappa shape index (κ1) is 13.3. The molecule has 6 heteroatoms. The van der Waals surface area contributed by atoms with Gasteiger partial charge in [0.1, 0.15) is 12.1 Å². The van der Waals surface area contributed by atoms with Crippen molar-refractivity contribution in [3.05, 3.63) is 0 Å². The molecule has 0 bridgehead atoms. The molecular formula is C11H17N3O3. The first-order valence-corrected chi connectivity index (χ1v) is 5.57. The molecule has 94 valence electrons. The van der Waals surface area contributed by atoms with Crippen LogP contribution in [0.4, 0.5) is 4.79 Å². The number of rotatable bonds is 5. The number of amidine groups is 1. The molecule has 0 aromatic rings. The first-order chi connectivity index (χ1) is 8.15. The van der Waals surface area contributed by atoms with E-state index in [1.807, 2.05) is 0 Å². The number of aliphatic imine (C=N–C) groups is 1. The number of imide groups is 1. The molecule has 0 radical (unpaired) electrons. The molecule has 0 aliphatic heterocycles. The van der Waals surface area contributed by atoms with Gasteiger partial charge in [-0.1, -0.05) is 0 Å². The highest BCUT2D eigenvalue weighted by Gasteiger charge is 2.36. The van der Waals surface area contributed by atoms with Gasteiger partial charge in [-0.3, -0.25) is 19.6 Å². The maximum Gasteiger partial charge on any atom is 0.332 e. The van der Waals surface area contributed by atoms with Crippen LogP contribution in [0.3, 0.4) is 0 Å². The highest BCUT2D eigenvalue weighted by molar-refractivity contribution is 6.00. The second-order valence-electron chi connectivity index (χ2n) is 3.91. The Hall–Kier alpha value is -1.72. The SMILES string of the molecule is CN=C(C)N(C(=O)N(C=O)CCC=O)C1CC1. The number of amides is 3. The predicted molar refractivity (Wildman–Crippen MR) is 62.7 cm³/mol. The van der Waals surface area contributed by atoms with Gasteiger partial charge in [0.2, 0.25) is 6.41 Å². The lowest BCUT2D eigenvalue weighted by Gasteiger charge is -2.26. The monoisotopic (exact) mass is 239 g/mol. The molecule has 1 aliphatic rings. The third-order valence-corrected chi connectivity index (χ3v) is 2.65. The van der Waals surface area contributed by atoms with Gasteiger partial charge in [-0.25, -0.2) is 4.79 Å². The molecule has 0 atom stereocenters. The average molecular weight is 239 g/mol. The maximum absolute atomic E-state index is 12.1. The predicted octanol–water partition coefficient (Wildman–Crippen LogP) is 0.666. The number of hydrogen-bond donors (Lipinski definition) is 0. The van der Waals surface area contributed by atoms with Gasteiger partial charge in [0.25, 0.3) is 0 Å². The molecular weight excluding hydrogens is 222 g/mol. The molecule has 0 aromatic carbocycles. The fourth-order valence-electron chi connectivity index (χ4n) is 1.52. The Bertz CT molecular complexity index is 337. The largest absolute Gasteiger partial charge is 0.332 e. The van der Waals surface area contributed by atoms with E-state index in [1.165, 1.54) is 4.90 Å². The summed E-state index contributed by atoms with van der Waals surface area (Å²) in [5.41, 5.74) is 0. The number of aldehydes is 1. The standard InChI is InChI=1S/C11H17N3O3/c1-9(12-2)14(10-4-5-10)11(17)13(8-16)6-3-7-15/h7-8,10H,3-6H2,1-2H3. The minimum atomic E-state index is -0.396. The number of hydrogen-bond acceptors (Lipinski definition) is 4. The second-order valence-corrected chi connectivity index (χ2v) is 3.91. The Labute approximate surface area is 100 Å². The summed E-state index contributed by atoms with van der Waals surface area (Å²) in [6.07, 6.45) is 3.17. The zero-order valence-electron chi connectivity index (χ0n) is 10.1. The molecule has 0 saturated heterocycles. The minimum Gasteiger partial charge on any atom is -0.303 e. The number of urea groups is 1. The number of carbonyl (C=O) groups is 3. The van der Waals surface area contributed by atoms with E-state index >= 15 is 0 Å². The molecule has 0 unspecified atom stereocenters. The van der Waals surface area contributed by atoms with Crippen LogP contribution in [0.25, 0.3) is 0 Å². The smallest absolute Gasteiger partial charge is 0.303 e. The quantitative estimate of drug-likeness (QED) is 0.402. The average Bonchev–Trinajstić information content (AvgIpc) is 3.14. The molecule has 1 fully saturated rings. The van der Waals surface area contributed by atoms with Gasteiger partial charge in [-0.15, -0.1) is 0 Å². The maximum atomic E-state index is 12.1. The topological polar surface area (TPSA) is 70.1 Å². The Kier molecular flexibility index (Phi) is 4.81. The van der Waals surface area contributed by atoms with Crippen LogP contribution in [0.15, 0.2) is 4.99 Å². The van der Waals surface area contributed by atoms with Crippen LogP contribution in [0.5, 0.6) is 0 Å². The summed E-state index contributed by atoms with van der Waals surface area (Å²) in [6, 6.07) is -0.252. The molecule has 0 heterocycles. The van der Waals surface area contributed by atoms with Crippen molar-refractivity contribution in [3.63, 3.8) is 0 Å². The van der Waals surface area contributed by atoms with E-state index in [-0.39, 0.29) is 19.0 Å². The van der Waals surface area contributed by atoms with E-state index in [0.717, 1.165) is 17.7 Å². The summed E-state index contributed by atoms with van der Waals surface area (Å²) in [5.74, 6) is 0.593. The van der Waals surface area contributed by atoms with Crippen molar-refractivity contribution >= 4 is 24.6 Å². The summed E-state index contributed by atoms with van der Waals surface area (Å²) >= 11 is 0. The fourth-order valence-corrected chi connectivity index (χ4v) is 1.52. The van der Waals surface area contributed by atoms with Crippen LogP contribution in [-0.4, -0.2) is 54.0 Å². The Morgan fingerprint density at radius 2 is 2.06 bits per heavy atom. The summed E-state index contributed by atoms with van der Waals surface area (Å²) in [7, 11) is 1.61. The Morgan fingerprint density at radius 1 is 1.41 bits per heavy atom. The summed E-state index contributed by atoms with van der Waals surface area (Å²) < 4.78 is 0. The van der Waals surface area contributed by atoms with Gasteiger partial charge < -0.3 is 4.79 Å². The number of carbonyl (C=O) groups excluding carboxylic acids is 3. The zero-order valence-corrected chi connectivity index (χ0v) is 10.1. The van der Waals surface area contributed by atoms with E-state index in [4.69, 9.17) is 0 Å². The van der Waals surface area contributed by atoms with Gasteiger partial charge in [0.05, 0.1) is 0 Å². The van der Waals surface area contributed by atoms with Crippen LogP contribution in [0, 0.1) is 0 Å². The van der Waals surface area contributed by atoms with Gasteiger partial charge in [-0.05, 0) is 19.8 Å². The van der Waals surface area contributed by atoms with E-state index in [9.17, 15) is 14.4 Å². The summed E-state index contributed by atoms with van der Waals surface area (Å²) in [6.45, 7) is 1.85. The lowest BCUT2D eigenvalue weighted by atomic mass is 10.4. The van der Waals surface area contributed by atoms with Crippen LogP contribution in [-0.2, 0) is 9.59 Å². The van der Waals surface area contributed by atoms with Crippen LogP contribution < -0.4 is 0 Å². The third kappa shape index (κ3) is 3.37. The molecule has 0 aromatic heterocycles. The van der Waals surface area contributed by atoms with Crippen LogP contribution >= 0.6 is 0 Å². The van der Waals surface area contributed by atoms with Crippen molar-refractivity contribution in [2.24, 2.45) is 4.99 Å². The van der Waals surface area contributed by atoms with E-state index in [2.05, 4.69) is 4.99 Å². The lowest BCUT2D eigenvalue weighted by molar-refractivity contribution is -0.116. The van der Waals surface area contributed by atoms with Crippen LogP contribution in [0.2, 0.25) is 0 Å². The highest BCUT2D eigenvalue weighted by atomic mass is 16.2. The first-order valence-electron chi connectivity index (χ1n) is 5.57. The molecule has 3 amide bonds. The van der Waals surface area contributed by atoms with E-state index in [1.54, 1.807) is 14.0 Å². The lowest BCUT2D eigenvalue weighted by Crippen LogP contribution is -2.46. The van der Waals surface area contributed by atoms with Gasteiger partial charge >= 0.3 is 6.03 Å². The normalized spacial score (nSPS) is 15.3. The van der Waals surface area contributed by atoms with Gasteiger partial charge in [-0.2, -0.15) is 0 Å². The fraction of sp³-hybridized carbons (Fsp3) is 0.636. The molecule has 0 N–H and O–H groups in total. The summed E-state index contributed by atoms with van der Waals surface area (Å²) in [5, 5.41) is 0. The number of nitrogens with zero attached hydrogens (tertiary/aromatic N) is 3. The van der Waals surface area contributed by atoms with Crippen molar-refractivity contribution in [1.82, 2.24) is 9.80 Å². The third-order valence-electron chi connectivity index (χ3n) is 2.65. The van der Waals surface area contributed by atoms with Crippen molar-refractivity contribution < 1.29 is 14.4 Å². The molecule has 17 heavy (non-hydrogen) atoms. The Morgan fingerprint density at radius 3 is 2.47 bits per heavy atom. The van der Waals surface area contributed by atoms with Gasteiger partial charge in [0, 0.05) is 26.1 Å². The highest BCUT2D eigenvalue weighted by Crippen LogP contribution is 2.28. The van der Waals surface area contributed by atoms with Crippen LogP contribution in [0.1, 0.15) is 26.2 Å². The van der Waals surface area contributed by atoms with Gasteiger partial charge in [0.15, 0.2) is 0 Å². The molecule has 6 nitrogen and oxygen atoms in total. The molecule has 0 spiro atoms. The molecule has 1 saturated carbocycles. The summed E-state index contributed by atoms with van der Waals surface area (Å²) in [4.78, 5) is 39.7. The zero-order chi connectivity index (χ0) is 12.8. The van der Waals surface area contributed by atoms with Crippen molar-refractivity contribution in [1.29, 1.82) is 0 Å². The van der Waals surface area contributed by atoms with Crippen molar-refractivity contribution in [3.8, 4) is 0 Å². The van der Waals surface area contributed by atoms with E-state index < -0.39 is 6.03 Å². The van der Waals surface area contributed by atoms with Crippen molar-refractivity contribution in [2.75, 3.05) is 13.6 Å². The molecule has 1 aliphatic carbocycles. The molecule has 1 rings (SSSR count).